The molecule has 214 valence electrons. The highest BCUT2D eigenvalue weighted by Gasteiger charge is 2.28. The number of carbonyl (C=O) groups is 3. The molecule has 2 aromatic heterocycles. The number of hydrogen-bond donors (Lipinski definition) is 2. The SMILES string of the molecule is CCOC(=O)c1c(NC(=O)C(C)Sc2nnc(CNC(=O)COc3ccc(Cl)cc3Cl)n2C)sc2c1CCCC2. The Labute approximate surface area is 250 Å². The van der Waals surface area contributed by atoms with Crippen LogP contribution in [-0.4, -0.2) is 51.0 Å². The van der Waals surface area contributed by atoms with Crippen molar-refractivity contribution in [3.8, 4) is 5.75 Å². The normalized spacial score (nSPS) is 13.3. The minimum absolute atomic E-state index is 0.116. The lowest BCUT2D eigenvalue weighted by Gasteiger charge is -2.13. The van der Waals surface area contributed by atoms with Crippen LogP contribution < -0.4 is 15.4 Å². The molecule has 0 saturated heterocycles. The molecule has 0 aliphatic heterocycles. The molecule has 14 heteroatoms. The van der Waals surface area contributed by atoms with Crippen molar-refractivity contribution in [2.45, 2.75) is 56.5 Å². The molecule has 1 atom stereocenters. The number of benzene rings is 1. The van der Waals surface area contributed by atoms with E-state index in [4.69, 9.17) is 32.7 Å². The number of aryl methyl sites for hydroxylation is 1. The van der Waals surface area contributed by atoms with Crippen LogP contribution >= 0.6 is 46.3 Å². The summed E-state index contributed by atoms with van der Waals surface area (Å²) in [4.78, 5) is 39.2. The number of anilines is 1. The summed E-state index contributed by atoms with van der Waals surface area (Å²) in [6, 6.07) is 4.74. The first-order chi connectivity index (χ1) is 19.2. The number of halogens is 2. The van der Waals surface area contributed by atoms with Gasteiger partial charge in [-0.3, -0.25) is 9.59 Å². The number of aromatic nitrogens is 3. The van der Waals surface area contributed by atoms with Gasteiger partial charge >= 0.3 is 5.97 Å². The van der Waals surface area contributed by atoms with Gasteiger partial charge in [-0.05, 0) is 63.3 Å². The van der Waals surface area contributed by atoms with E-state index in [9.17, 15) is 14.4 Å². The highest BCUT2D eigenvalue weighted by Crippen LogP contribution is 2.39. The number of ether oxygens (including phenoxy) is 2. The minimum atomic E-state index is -0.531. The second-order valence-electron chi connectivity index (χ2n) is 8.98. The van der Waals surface area contributed by atoms with Gasteiger partial charge in [0.05, 0.1) is 29.0 Å². The van der Waals surface area contributed by atoms with Gasteiger partial charge in [-0.15, -0.1) is 21.5 Å². The molecule has 0 fully saturated rings. The fraction of sp³-hybridized carbons (Fsp3) is 0.423. The highest BCUT2D eigenvalue weighted by molar-refractivity contribution is 8.00. The van der Waals surface area contributed by atoms with Gasteiger partial charge in [-0.2, -0.15) is 0 Å². The summed E-state index contributed by atoms with van der Waals surface area (Å²) in [5, 5.41) is 15.3. The standard InChI is InChI=1S/C26H29Cl2N5O5S2/c1-4-37-25(36)22-16-7-5-6-8-19(16)40-24(22)30-23(35)14(2)39-26-32-31-20(33(26)3)12-29-21(34)13-38-18-10-9-15(27)11-17(18)28/h9-11,14H,4-8,12-13H2,1-3H3,(H,29,34)(H,30,35). The Morgan fingerprint density at radius 3 is 2.73 bits per heavy atom. The summed E-state index contributed by atoms with van der Waals surface area (Å²) >= 11 is 14.6. The van der Waals surface area contributed by atoms with Crippen molar-refractivity contribution in [2.24, 2.45) is 7.05 Å². The van der Waals surface area contributed by atoms with Gasteiger partial charge in [0, 0.05) is 16.9 Å². The molecule has 2 N–H and O–H groups in total. The third-order valence-electron chi connectivity index (χ3n) is 6.16. The topological polar surface area (TPSA) is 124 Å². The lowest BCUT2D eigenvalue weighted by Crippen LogP contribution is -2.29. The number of thiophene rings is 1. The van der Waals surface area contributed by atoms with E-state index in [1.165, 1.54) is 29.2 Å². The van der Waals surface area contributed by atoms with E-state index in [2.05, 4.69) is 20.8 Å². The number of fused-ring (bicyclic) bond motifs is 1. The molecule has 1 aliphatic rings. The average Bonchev–Trinajstić information content (AvgIpc) is 3.46. The number of thioether (sulfide) groups is 1. The zero-order valence-corrected chi connectivity index (χ0v) is 25.4. The zero-order chi connectivity index (χ0) is 28.8. The fourth-order valence-electron chi connectivity index (χ4n) is 4.06. The van der Waals surface area contributed by atoms with Gasteiger partial charge < -0.3 is 24.7 Å². The van der Waals surface area contributed by atoms with Crippen LogP contribution in [0.3, 0.4) is 0 Å². The third kappa shape index (κ3) is 7.28. The van der Waals surface area contributed by atoms with Gasteiger partial charge in [0.15, 0.2) is 17.6 Å². The van der Waals surface area contributed by atoms with Gasteiger partial charge in [0.1, 0.15) is 10.8 Å². The van der Waals surface area contributed by atoms with E-state index in [1.54, 1.807) is 37.6 Å². The molecular weight excluding hydrogens is 597 g/mol. The van der Waals surface area contributed by atoms with Crippen molar-refractivity contribution in [1.82, 2.24) is 20.1 Å². The molecule has 4 rings (SSSR count). The van der Waals surface area contributed by atoms with Crippen molar-refractivity contribution < 1.29 is 23.9 Å². The summed E-state index contributed by atoms with van der Waals surface area (Å²) in [6.45, 7) is 3.66. The van der Waals surface area contributed by atoms with Crippen molar-refractivity contribution in [2.75, 3.05) is 18.5 Å². The monoisotopic (exact) mass is 625 g/mol. The molecule has 3 aromatic rings. The number of carbonyl (C=O) groups excluding carboxylic acids is 3. The Morgan fingerprint density at radius 2 is 1.98 bits per heavy atom. The minimum Gasteiger partial charge on any atom is -0.482 e. The number of nitrogens with zero attached hydrogens (tertiary/aromatic N) is 3. The molecule has 0 radical (unpaired) electrons. The summed E-state index contributed by atoms with van der Waals surface area (Å²) < 4.78 is 12.4. The number of rotatable bonds is 11. The van der Waals surface area contributed by atoms with E-state index in [1.807, 2.05) is 0 Å². The zero-order valence-electron chi connectivity index (χ0n) is 22.2. The lowest BCUT2D eigenvalue weighted by atomic mass is 9.95. The average molecular weight is 627 g/mol. The Hall–Kier alpha value is -2.80. The fourth-order valence-corrected chi connectivity index (χ4v) is 6.64. The lowest BCUT2D eigenvalue weighted by molar-refractivity contribution is -0.123. The predicted molar refractivity (Wildman–Crippen MR) is 156 cm³/mol. The maximum atomic E-state index is 13.1. The molecule has 2 heterocycles. The van der Waals surface area contributed by atoms with Crippen LogP contribution in [0.1, 0.15) is 53.3 Å². The second kappa shape index (κ2) is 13.7. The maximum absolute atomic E-state index is 13.1. The number of esters is 1. The van der Waals surface area contributed by atoms with E-state index in [0.29, 0.717) is 37.3 Å². The van der Waals surface area contributed by atoms with E-state index in [0.717, 1.165) is 36.1 Å². The summed E-state index contributed by atoms with van der Waals surface area (Å²) in [7, 11) is 1.75. The van der Waals surface area contributed by atoms with E-state index in [-0.39, 0.29) is 31.6 Å². The molecule has 40 heavy (non-hydrogen) atoms. The van der Waals surface area contributed by atoms with E-state index < -0.39 is 11.2 Å². The Morgan fingerprint density at radius 1 is 1.20 bits per heavy atom. The molecule has 0 saturated carbocycles. The molecule has 10 nitrogen and oxygen atoms in total. The Balaban J connectivity index is 1.33. The Kier molecular flexibility index (Phi) is 10.3. The molecule has 1 aromatic carbocycles. The molecule has 2 amide bonds. The van der Waals surface area contributed by atoms with Crippen LogP contribution in [-0.2, 0) is 40.8 Å². The summed E-state index contributed by atoms with van der Waals surface area (Å²) in [5.41, 5.74) is 1.47. The largest absolute Gasteiger partial charge is 0.482 e. The Bertz CT molecular complexity index is 1410. The van der Waals surface area contributed by atoms with E-state index >= 15 is 0 Å². The highest BCUT2D eigenvalue weighted by atomic mass is 35.5. The molecular formula is C26H29Cl2N5O5S2. The quantitative estimate of drug-likeness (QED) is 0.224. The number of nitrogens with one attached hydrogen (secondary N) is 2. The van der Waals surface area contributed by atoms with Gasteiger partial charge in [-0.25, -0.2) is 4.79 Å². The first-order valence-electron chi connectivity index (χ1n) is 12.7. The van der Waals surface area contributed by atoms with Crippen LogP contribution in [0, 0.1) is 0 Å². The molecule has 1 aliphatic carbocycles. The smallest absolute Gasteiger partial charge is 0.341 e. The number of amides is 2. The van der Waals surface area contributed by atoms with Crippen molar-refractivity contribution >= 4 is 69.1 Å². The van der Waals surface area contributed by atoms with Crippen LogP contribution in [0.5, 0.6) is 5.75 Å². The van der Waals surface area contributed by atoms with Crippen LogP contribution in [0.25, 0.3) is 0 Å². The predicted octanol–water partition coefficient (Wildman–Crippen LogP) is 5.05. The van der Waals surface area contributed by atoms with Crippen LogP contribution in [0.4, 0.5) is 5.00 Å². The van der Waals surface area contributed by atoms with Crippen LogP contribution in [0.2, 0.25) is 10.0 Å². The van der Waals surface area contributed by atoms with Crippen molar-refractivity contribution in [1.29, 1.82) is 0 Å². The number of hydrogen-bond acceptors (Lipinski definition) is 9. The first-order valence-corrected chi connectivity index (χ1v) is 15.1. The van der Waals surface area contributed by atoms with Crippen molar-refractivity contribution in [3.05, 3.63) is 50.1 Å². The molecule has 1 unspecified atom stereocenters. The van der Waals surface area contributed by atoms with Gasteiger partial charge in [-0.1, -0.05) is 35.0 Å². The molecule has 0 spiro atoms. The van der Waals surface area contributed by atoms with Crippen LogP contribution in [0.15, 0.2) is 23.4 Å². The summed E-state index contributed by atoms with van der Waals surface area (Å²) in [5.74, 6) is -0.178. The maximum Gasteiger partial charge on any atom is 0.341 e. The first kappa shape index (κ1) is 30.2. The molecule has 0 bridgehead atoms. The third-order valence-corrected chi connectivity index (χ3v) is 9.03. The van der Waals surface area contributed by atoms with Gasteiger partial charge in [0.2, 0.25) is 5.91 Å². The summed E-state index contributed by atoms with van der Waals surface area (Å²) in [6.07, 6.45) is 3.77. The van der Waals surface area contributed by atoms with Crippen molar-refractivity contribution in [3.63, 3.8) is 0 Å². The van der Waals surface area contributed by atoms with Gasteiger partial charge in [0.25, 0.3) is 5.91 Å². The second-order valence-corrected chi connectivity index (χ2v) is 12.2.